The molecule has 1 N–H and O–H groups in total. The van der Waals surface area contributed by atoms with E-state index < -0.39 is 39.7 Å². The van der Waals surface area contributed by atoms with Crippen LogP contribution in [0.15, 0.2) is 53.4 Å². The number of hydrogen-bond donors (Lipinski definition) is 1. The molecule has 1 atom stereocenters. The molecule has 2 aromatic carbocycles. The fourth-order valence-electron chi connectivity index (χ4n) is 3.46. The van der Waals surface area contributed by atoms with E-state index in [1.54, 1.807) is 6.07 Å². The first-order valence-electron chi connectivity index (χ1n) is 10.5. The molecule has 0 radical (unpaired) electrons. The van der Waals surface area contributed by atoms with Gasteiger partial charge in [-0.3, -0.25) is 14.4 Å². The number of piperidine rings is 1. The number of ketones is 1. The largest absolute Gasteiger partial charge is 0.452 e. The monoisotopic (exact) mass is 476 g/mol. The van der Waals surface area contributed by atoms with Crippen LogP contribution in [0.25, 0.3) is 0 Å². The minimum Gasteiger partial charge on any atom is -0.452 e. The van der Waals surface area contributed by atoms with Crippen LogP contribution in [0.2, 0.25) is 0 Å². The molecule has 1 aliphatic rings. The molecule has 1 heterocycles. The number of sulfonamides is 1. The van der Waals surface area contributed by atoms with Gasteiger partial charge < -0.3 is 10.1 Å². The zero-order chi connectivity index (χ0) is 24.2. The number of anilines is 1. The zero-order valence-electron chi connectivity index (χ0n) is 18.3. The van der Waals surface area contributed by atoms with Gasteiger partial charge in [-0.05, 0) is 63.1 Å². The van der Waals surface area contributed by atoms with E-state index in [9.17, 15) is 27.2 Å². The number of hydrogen-bond acceptors (Lipinski definition) is 6. The number of amides is 1. The minimum absolute atomic E-state index is 0.0299. The predicted octanol–water partition coefficient (Wildman–Crippen LogP) is 3.00. The smallest absolute Gasteiger partial charge is 0.309 e. The number of nitrogens with zero attached hydrogens (tertiary/aromatic N) is 1. The molecule has 33 heavy (non-hydrogen) atoms. The Morgan fingerprint density at radius 1 is 1.09 bits per heavy atom. The minimum atomic E-state index is -3.80. The first kappa shape index (κ1) is 24.5. The summed E-state index contributed by atoms with van der Waals surface area (Å²) in [4.78, 5) is 36.3. The maximum absolute atomic E-state index is 13.0. The third-order valence-electron chi connectivity index (χ3n) is 5.44. The van der Waals surface area contributed by atoms with E-state index in [0.717, 1.165) is 0 Å². The molecule has 0 saturated carbocycles. The van der Waals surface area contributed by atoms with Gasteiger partial charge in [0.2, 0.25) is 10.0 Å². The Balaban J connectivity index is 1.55. The van der Waals surface area contributed by atoms with Crippen molar-refractivity contribution in [2.45, 2.75) is 37.7 Å². The first-order chi connectivity index (χ1) is 15.6. The Bertz CT molecular complexity index is 1140. The van der Waals surface area contributed by atoms with Crippen LogP contribution in [-0.4, -0.2) is 49.6 Å². The molecule has 1 aliphatic heterocycles. The van der Waals surface area contributed by atoms with Gasteiger partial charge in [0.25, 0.3) is 5.91 Å². The van der Waals surface area contributed by atoms with Crippen molar-refractivity contribution in [3.05, 3.63) is 59.9 Å². The summed E-state index contributed by atoms with van der Waals surface area (Å²) in [6, 6.07) is 11.0. The standard InChI is InChI=1S/C23H25FN2O6S/c1-15(27)18-4-3-5-21(14-18)33(30,31)26-12-10-17(11-13-26)23(29)32-16(2)22(28)25-20-8-6-19(24)7-9-20/h3-9,14,16-17H,10-13H2,1-2H3,(H,25,28). The second-order valence-corrected chi connectivity index (χ2v) is 9.78. The number of halogens is 1. The molecule has 1 fully saturated rings. The maximum Gasteiger partial charge on any atom is 0.309 e. The van der Waals surface area contributed by atoms with Gasteiger partial charge in [-0.2, -0.15) is 4.31 Å². The van der Waals surface area contributed by atoms with Crippen molar-refractivity contribution in [2.24, 2.45) is 5.92 Å². The van der Waals surface area contributed by atoms with E-state index >= 15 is 0 Å². The number of ether oxygens (including phenoxy) is 1. The second-order valence-electron chi connectivity index (χ2n) is 7.84. The average Bonchev–Trinajstić information content (AvgIpc) is 2.80. The summed E-state index contributed by atoms with van der Waals surface area (Å²) in [6.07, 6.45) is -0.577. The molecule has 1 saturated heterocycles. The lowest BCUT2D eigenvalue weighted by atomic mass is 9.98. The van der Waals surface area contributed by atoms with Crippen molar-refractivity contribution in [1.82, 2.24) is 4.31 Å². The first-order valence-corrected chi connectivity index (χ1v) is 11.9. The molecule has 0 bridgehead atoms. The lowest BCUT2D eigenvalue weighted by molar-refractivity contribution is -0.158. The molecule has 176 valence electrons. The molecule has 10 heteroatoms. The van der Waals surface area contributed by atoms with Crippen LogP contribution in [0.5, 0.6) is 0 Å². The zero-order valence-corrected chi connectivity index (χ0v) is 19.1. The molecule has 2 aromatic rings. The lowest BCUT2D eigenvalue weighted by Gasteiger charge is -2.30. The molecule has 0 aliphatic carbocycles. The van der Waals surface area contributed by atoms with Gasteiger partial charge in [0.1, 0.15) is 5.82 Å². The van der Waals surface area contributed by atoms with E-state index in [2.05, 4.69) is 5.32 Å². The normalized spacial score (nSPS) is 16.1. The Morgan fingerprint density at radius 3 is 2.33 bits per heavy atom. The Hall–Kier alpha value is -3.11. The number of nitrogens with one attached hydrogen (secondary N) is 1. The SMILES string of the molecule is CC(=O)c1cccc(S(=O)(=O)N2CCC(C(=O)OC(C)C(=O)Nc3ccc(F)cc3)CC2)c1. The van der Waals surface area contributed by atoms with Crippen molar-refractivity contribution in [2.75, 3.05) is 18.4 Å². The topological polar surface area (TPSA) is 110 Å². The van der Waals surface area contributed by atoms with Crippen LogP contribution in [0, 0.1) is 11.7 Å². The van der Waals surface area contributed by atoms with E-state index in [1.165, 1.54) is 60.6 Å². The van der Waals surface area contributed by atoms with Crippen molar-refractivity contribution in [1.29, 1.82) is 0 Å². The summed E-state index contributed by atoms with van der Waals surface area (Å²) in [7, 11) is -3.80. The summed E-state index contributed by atoms with van der Waals surface area (Å²) in [5.74, 6) is -2.34. The molecular formula is C23H25FN2O6S. The van der Waals surface area contributed by atoms with Crippen LogP contribution in [-0.2, 0) is 24.3 Å². The number of rotatable bonds is 7. The highest BCUT2D eigenvalue weighted by molar-refractivity contribution is 7.89. The van der Waals surface area contributed by atoms with Crippen LogP contribution >= 0.6 is 0 Å². The summed E-state index contributed by atoms with van der Waals surface area (Å²) < 4.78 is 45.4. The third kappa shape index (κ3) is 6.02. The number of carbonyl (C=O) groups is 3. The van der Waals surface area contributed by atoms with Gasteiger partial charge in [0, 0.05) is 24.3 Å². The van der Waals surface area contributed by atoms with Crippen molar-refractivity contribution in [3.63, 3.8) is 0 Å². The highest BCUT2D eigenvalue weighted by atomic mass is 32.2. The van der Waals surface area contributed by atoms with Crippen molar-refractivity contribution in [3.8, 4) is 0 Å². The van der Waals surface area contributed by atoms with Crippen molar-refractivity contribution >= 4 is 33.4 Å². The molecule has 3 rings (SSSR count). The fraction of sp³-hybridized carbons (Fsp3) is 0.348. The van der Waals surface area contributed by atoms with Gasteiger partial charge in [0.05, 0.1) is 10.8 Å². The van der Waals surface area contributed by atoms with Crippen molar-refractivity contribution < 1.29 is 31.9 Å². The summed E-state index contributed by atoms with van der Waals surface area (Å²) in [5, 5.41) is 2.54. The number of benzene rings is 2. The fourth-order valence-corrected chi connectivity index (χ4v) is 4.97. The highest BCUT2D eigenvalue weighted by Gasteiger charge is 2.34. The summed E-state index contributed by atoms with van der Waals surface area (Å²) in [5.41, 5.74) is 0.680. The molecule has 0 spiro atoms. The molecule has 1 amide bonds. The van der Waals surface area contributed by atoms with Crippen LogP contribution < -0.4 is 5.32 Å². The van der Waals surface area contributed by atoms with Crippen LogP contribution in [0.1, 0.15) is 37.0 Å². The number of esters is 1. The van der Waals surface area contributed by atoms with Gasteiger partial charge in [0.15, 0.2) is 11.9 Å². The Labute approximate surface area is 191 Å². The molecular weight excluding hydrogens is 451 g/mol. The van der Waals surface area contributed by atoms with E-state index in [1.807, 2.05) is 0 Å². The summed E-state index contributed by atoms with van der Waals surface area (Å²) >= 11 is 0. The molecule has 0 aromatic heterocycles. The molecule has 8 nitrogen and oxygen atoms in total. The third-order valence-corrected chi connectivity index (χ3v) is 7.33. The van der Waals surface area contributed by atoms with Gasteiger partial charge in [-0.1, -0.05) is 12.1 Å². The Morgan fingerprint density at radius 2 is 1.73 bits per heavy atom. The quantitative estimate of drug-likeness (QED) is 0.486. The van der Waals surface area contributed by atoms with Gasteiger partial charge >= 0.3 is 5.97 Å². The Kier molecular flexibility index (Phi) is 7.60. The lowest BCUT2D eigenvalue weighted by Crippen LogP contribution is -2.41. The number of Topliss-reactive ketones (excluding diaryl/α,β-unsaturated/α-hetero) is 1. The summed E-state index contributed by atoms with van der Waals surface area (Å²) in [6.45, 7) is 3.02. The van der Waals surface area contributed by atoms with Crippen LogP contribution in [0.4, 0.5) is 10.1 Å². The predicted molar refractivity (Wildman–Crippen MR) is 119 cm³/mol. The van der Waals surface area contributed by atoms with Gasteiger partial charge in [-0.15, -0.1) is 0 Å². The second kappa shape index (κ2) is 10.2. The number of carbonyl (C=O) groups excluding carboxylic acids is 3. The highest BCUT2D eigenvalue weighted by Crippen LogP contribution is 2.25. The van der Waals surface area contributed by atoms with E-state index in [4.69, 9.17) is 4.74 Å². The van der Waals surface area contributed by atoms with E-state index in [0.29, 0.717) is 11.3 Å². The van der Waals surface area contributed by atoms with Crippen LogP contribution in [0.3, 0.4) is 0 Å². The average molecular weight is 477 g/mol. The maximum atomic E-state index is 13.0. The van der Waals surface area contributed by atoms with E-state index in [-0.39, 0.29) is 36.6 Å². The molecule has 1 unspecified atom stereocenters. The van der Waals surface area contributed by atoms with Gasteiger partial charge in [-0.25, -0.2) is 12.8 Å².